The van der Waals surface area contributed by atoms with Crippen molar-refractivity contribution in [1.82, 2.24) is 0 Å². The van der Waals surface area contributed by atoms with Crippen LogP contribution in [0.4, 0.5) is 0 Å². The number of hydrogen-bond donors (Lipinski definition) is 2. The Balaban J connectivity index is 3.18. The van der Waals surface area contributed by atoms with Crippen molar-refractivity contribution in [2.75, 3.05) is 6.54 Å². The van der Waals surface area contributed by atoms with Crippen LogP contribution in [0.25, 0.3) is 0 Å². The van der Waals surface area contributed by atoms with Crippen LogP contribution in [0.2, 0.25) is 0 Å². The van der Waals surface area contributed by atoms with Crippen molar-refractivity contribution in [3.63, 3.8) is 0 Å². The summed E-state index contributed by atoms with van der Waals surface area (Å²) in [4.78, 5) is 11.2. The van der Waals surface area contributed by atoms with E-state index in [-0.39, 0.29) is 6.54 Å². The second-order valence-corrected chi connectivity index (χ2v) is 4.27. The zero-order chi connectivity index (χ0) is 12.8. The molecule has 1 rings (SSSR count). The van der Waals surface area contributed by atoms with Gasteiger partial charge in [-0.1, -0.05) is 38.1 Å². The summed E-state index contributed by atoms with van der Waals surface area (Å²) in [7, 11) is 0. The maximum atomic E-state index is 11.2. The van der Waals surface area contributed by atoms with E-state index >= 15 is 0 Å². The molecule has 1 aromatic carbocycles. The highest BCUT2D eigenvalue weighted by Gasteiger charge is 2.23. The van der Waals surface area contributed by atoms with Gasteiger partial charge in [-0.15, -0.1) is 0 Å². The molecule has 3 heteroatoms. The van der Waals surface area contributed by atoms with Crippen molar-refractivity contribution in [2.24, 2.45) is 5.73 Å². The van der Waals surface area contributed by atoms with Crippen LogP contribution in [0.5, 0.6) is 0 Å². The van der Waals surface area contributed by atoms with E-state index in [9.17, 15) is 9.90 Å². The molecule has 0 fully saturated rings. The van der Waals surface area contributed by atoms with Gasteiger partial charge in [-0.25, -0.2) is 0 Å². The van der Waals surface area contributed by atoms with Crippen molar-refractivity contribution in [3.8, 4) is 0 Å². The van der Waals surface area contributed by atoms with Crippen LogP contribution in [-0.4, -0.2) is 17.6 Å². The van der Waals surface area contributed by atoms with Crippen LogP contribution in [0.1, 0.15) is 49.7 Å². The van der Waals surface area contributed by atoms with Crippen LogP contribution in [0.3, 0.4) is 0 Å². The van der Waals surface area contributed by atoms with Gasteiger partial charge in [0.15, 0.2) is 0 Å². The number of hydrogen-bond acceptors (Lipinski definition) is 2. The molecule has 0 bridgehead atoms. The monoisotopic (exact) mass is 235 g/mol. The van der Waals surface area contributed by atoms with E-state index in [1.165, 1.54) is 0 Å². The van der Waals surface area contributed by atoms with Gasteiger partial charge in [-0.2, -0.15) is 0 Å². The molecule has 0 aliphatic rings. The number of carboxylic acid groups (broad SMARTS) is 1. The van der Waals surface area contributed by atoms with E-state index in [4.69, 9.17) is 5.73 Å². The van der Waals surface area contributed by atoms with Gasteiger partial charge in [0.1, 0.15) is 0 Å². The number of nitrogens with two attached hydrogens (primary N) is 1. The fraction of sp³-hybridized carbons (Fsp3) is 0.500. The maximum absolute atomic E-state index is 11.2. The van der Waals surface area contributed by atoms with Gasteiger partial charge < -0.3 is 10.8 Å². The van der Waals surface area contributed by atoms with Gasteiger partial charge in [-0.05, 0) is 29.9 Å². The van der Waals surface area contributed by atoms with E-state index in [2.05, 4.69) is 13.8 Å². The first-order valence-corrected chi connectivity index (χ1v) is 6.17. The standard InChI is InChI=1S/C14H21NO2/c1-3-10(4-2)11-7-5-6-8-12(11)13(9-15)14(16)17/h5-8,10,13H,3-4,9,15H2,1-2H3,(H,16,17). The van der Waals surface area contributed by atoms with Crippen LogP contribution >= 0.6 is 0 Å². The third-order valence-corrected chi connectivity index (χ3v) is 3.33. The lowest BCUT2D eigenvalue weighted by molar-refractivity contribution is -0.138. The van der Waals surface area contributed by atoms with Gasteiger partial charge in [0.2, 0.25) is 0 Å². The second-order valence-electron chi connectivity index (χ2n) is 4.27. The van der Waals surface area contributed by atoms with Crippen LogP contribution in [0, 0.1) is 0 Å². The highest BCUT2D eigenvalue weighted by molar-refractivity contribution is 5.77. The Hall–Kier alpha value is -1.35. The molecule has 0 aliphatic carbocycles. The minimum absolute atomic E-state index is 0.145. The van der Waals surface area contributed by atoms with E-state index in [0.29, 0.717) is 5.92 Å². The molecule has 0 amide bonds. The lowest BCUT2D eigenvalue weighted by Crippen LogP contribution is -2.22. The van der Waals surface area contributed by atoms with E-state index in [1.807, 2.05) is 24.3 Å². The fourth-order valence-corrected chi connectivity index (χ4v) is 2.29. The average molecular weight is 235 g/mol. The Labute approximate surface area is 103 Å². The van der Waals surface area contributed by atoms with Crippen LogP contribution in [-0.2, 0) is 4.79 Å². The first-order chi connectivity index (χ1) is 8.15. The Morgan fingerprint density at radius 1 is 1.24 bits per heavy atom. The SMILES string of the molecule is CCC(CC)c1ccccc1C(CN)C(=O)O. The molecular weight excluding hydrogens is 214 g/mol. The molecular formula is C14H21NO2. The molecule has 3 N–H and O–H groups in total. The fourth-order valence-electron chi connectivity index (χ4n) is 2.29. The van der Waals surface area contributed by atoms with Gasteiger partial charge in [-0.3, -0.25) is 4.79 Å². The number of carbonyl (C=O) groups is 1. The first kappa shape index (κ1) is 13.7. The first-order valence-electron chi connectivity index (χ1n) is 6.17. The summed E-state index contributed by atoms with van der Waals surface area (Å²) in [5, 5.41) is 9.20. The Morgan fingerprint density at radius 3 is 2.18 bits per heavy atom. The molecule has 1 atom stereocenters. The minimum atomic E-state index is -0.842. The molecule has 0 spiro atoms. The Bertz CT molecular complexity index is 372. The topological polar surface area (TPSA) is 63.3 Å². The van der Waals surface area contributed by atoms with Gasteiger partial charge in [0.25, 0.3) is 0 Å². The smallest absolute Gasteiger partial charge is 0.312 e. The highest BCUT2D eigenvalue weighted by atomic mass is 16.4. The second kappa shape index (κ2) is 6.40. The zero-order valence-electron chi connectivity index (χ0n) is 10.5. The van der Waals surface area contributed by atoms with E-state index in [0.717, 1.165) is 24.0 Å². The molecule has 1 aromatic rings. The summed E-state index contributed by atoms with van der Waals surface area (Å²) in [6.07, 6.45) is 2.04. The van der Waals surface area contributed by atoms with E-state index < -0.39 is 11.9 Å². The molecule has 0 saturated heterocycles. The molecule has 1 unspecified atom stereocenters. The normalized spacial score (nSPS) is 12.7. The zero-order valence-corrected chi connectivity index (χ0v) is 10.5. The maximum Gasteiger partial charge on any atom is 0.312 e. The molecule has 0 radical (unpaired) electrons. The minimum Gasteiger partial charge on any atom is -0.481 e. The lowest BCUT2D eigenvalue weighted by atomic mass is 9.85. The molecule has 94 valence electrons. The third kappa shape index (κ3) is 3.07. The quantitative estimate of drug-likeness (QED) is 0.796. The Morgan fingerprint density at radius 2 is 1.76 bits per heavy atom. The number of carboxylic acids is 1. The summed E-state index contributed by atoms with van der Waals surface area (Å²) in [5.41, 5.74) is 7.58. The number of aliphatic carboxylic acids is 1. The Kier molecular flexibility index (Phi) is 5.16. The summed E-state index contributed by atoms with van der Waals surface area (Å²) < 4.78 is 0. The summed E-state index contributed by atoms with van der Waals surface area (Å²) in [6.45, 7) is 4.40. The molecule has 0 saturated carbocycles. The van der Waals surface area contributed by atoms with Crippen molar-refractivity contribution in [1.29, 1.82) is 0 Å². The molecule has 3 nitrogen and oxygen atoms in total. The molecule has 17 heavy (non-hydrogen) atoms. The lowest BCUT2D eigenvalue weighted by Gasteiger charge is -2.20. The van der Waals surface area contributed by atoms with Gasteiger partial charge in [0, 0.05) is 6.54 Å². The number of rotatable bonds is 6. The molecule has 0 heterocycles. The molecule has 0 aliphatic heterocycles. The van der Waals surface area contributed by atoms with Crippen molar-refractivity contribution >= 4 is 5.97 Å². The third-order valence-electron chi connectivity index (χ3n) is 3.33. The number of benzene rings is 1. The average Bonchev–Trinajstić information content (AvgIpc) is 2.33. The van der Waals surface area contributed by atoms with Crippen molar-refractivity contribution < 1.29 is 9.90 Å². The van der Waals surface area contributed by atoms with E-state index in [1.54, 1.807) is 0 Å². The summed E-state index contributed by atoms with van der Waals surface area (Å²) in [5.74, 6) is -1.02. The van der Waals surface area contributed by atoms with Crippen molar-refractivity contribution in [2.45, 2.75) is 38.5 Å². The predicted octanol–water partition coefficient (Wildman–Crippen LogP) is 2.72. The summed E-state index contributed by atoms with van der Waals surface area (Å²) in [6, 6.07) is 7.76. The molecule has 0 aromatic heterocycles. The van der Waals surface area contributed by atoms with Crippen LogP contribution < -0.4 is 5.73 Å². The van der Waals surface area contributed by atoms with Gasteiger partial charge in [0.05, 0.1) is 5.92 Å². The highest BCUT2D eigenvalue weighted by Crippen LogP contribution is 2.30. The van der Waals surface area contributed by atoms with Crippen LogP contribution in [0.15, 0.2) is 24.3 Å². The summed E-state index contributed by atoms with van der Waals surface area (Å²) >= 11 is 0. The predicted molar refractivity (Wildman–Crippen MR) is 69.2 cm³/mol. The van der Waals surface area contributed by atoms with Crippen molar-refractivity contribution in [3.05, 3.63) is 35.4 Å². The van der Waals surface area contributed by atoms with Gasteiger partial charge >= 0.3 is 5.97 Å². The largest absolute Gasteiger partial charge is 0.481 e.